The van der Waals surface area contributed by atoms with Crippen LogP contribution in [0.5, 0.6) is 11.5 Å². The molecular formula is C23H32N2O5. The van der Waals surface area contributed by atoms with Gasteiger partial charge in [0, 0.05) is 26.7 Å². The summed E-state index contributed by atoms with van der Waals surface area (Å²) in [7, 11) is 1.62. The van der Waals surface area contributed by atoms with E-state index in [0.29, 0.717) is 43.9 Å². The van der Waals surface area contributed by atoms with E-state index in [1.807, 2.05) is 54.6 Å². The van der Waals surface area contributed by atoms with Gasteiger partial charge in [-0.3, -0.25) is 4.79 Å². The fourth-order valence-electron chi connectivity index (χ4n) is 2.87. The molecule has 2 unspecified atom stereocenters. The van der Waals surface area contributed by atoms with Crippen LogP contribution in [0, 0.1) is 0 Å². The van der Waals surface area contributed by atoms with E-state index in [-0.39, 0.29) is 0 Å². The van der Waals surface area contributed by atoms with Gasteiger partial charge in [0.15, 0.2) is 12.4 Å². The number of nitrogens with one attached hydrogen (secondary N) is 1. The van der Waals surface area contributed by atoms with Crippen molar-refractivity contribution in [3.05, 3.63) is 60.2 Å². The number of methoxy groups -OCH3 is 1. The van der Waals surface area contributed by atoms with Crippen molar-refractivity contribution in [1.82, 2.24) is 5.32 Å². The molecule has 2 atom stereocenters. The number of carbonyl (C=O) groups excluding carboxylic acids is 1. The van der Waals surface area contributed by atoms with Crippen molar-refractivity contribution >= 4 is 5.91 Å². The van der Waals surface area contributed by atoms with Crippen molar-refractivity contribution in [2.45, 2.75) is 38.1 Å². The van der Waals surface area contributed by atoms with E-state index >= 15 is 0 Å². The highest BCUT2D eigenvalue weighted by atomic mass is 16.6. The van der Waals surface area contributed by atoms with Crippen molar-refractivity contribution in [1.29, 1.82) is 0 Å². The Morgan fingerprint density at radius 2 is 1.70 bits per heavy atom. The number of aliphatic hydroxyl groups excluding tert-OH is 1. The summed E-state index contributed by atoms with van der Waals surface area (Å²) in [4.78, 5) is 11.5. The maximum atomic E-state index is 11.5. The molecule has 0 aliphatic rings. The van der Waals surface area contributed by atoms with Crippen molar-refractivity contribution < 1.29 is 24.1 Å². The summed E-state index contributed by atoms with van der Waals surface area (Å²) in [5.41, 5.74) is 6.56. The van der Waals surface area contributed by atoms with Crippen LogP contribution in [0.25, 0.3) is 0 Å². The Morgan fingerprint density at radius 3 is 2.37 bits per heavy atom. The molecule has 4 N–H and O–H groups in total. The molecule has 2 aromatic rings. The van der Waals surface area contributed by atoms with Crippen LogP contribution in [-0.4, -0.2) is 50.2 Å². The Hall–Kier alpha value is -2.61. The van der Waals surface area contributed by atoms with Crippen LogP contribution in [0.3, 0.4) is 0 Å². The average Bonchev–Trinajstić information content (AvgIpc) is 2.74. The molecular weight excluding hydrogens is 384 g/mol. The van der Waals surface area contributed by atoms with Crippen LogP contribution < -0.4 is 20.5 Å². The molecule has 0 aliphatic carbocycles. The zero-order valence-corrected chi connectivity index (χ0v) is 17.5. The zero-order chi connectivity index (χ0) is 21.6. The van der Waals surface area contributed by atoms with E-state index in [1.165, 1.54) is 0 Å². The maximum Gasteiger partial charge on any atom is 0.258 e. The van der Waals surface area contributed by atoms with Gasteiger partial charge < -0.3 is 30.4 Å². The largest absolute Gasteiger partial charge is 0.481 e. The molecule has 1 amide bonds. The highest BCUT2D eigenvalue weighted by Gasteiger charge is 2.16. The quantitative estimate of drug-likeness (QED) is 0.304. The molecule has 0 spiro atoms. The number of hydrogen-bond acceptors (Lipinski definition) is 6. The highest BCUT2D eigenvalue weighted by Crippen LogP contribution is 2.16. The van der Waals surface area contributed by atoms with Gasteiger partial charge in [-0.15, -0.1) is 0 Å². The lowest BCUT2D eigenvalue weighted by molar-refractivity contribution is -0.125. The van der Waals surface area contributed by atoms with Crippen LogP contribution in [-0.2, 0) is 16.0 Å². The van der Waals surface area contributed by atoms with Crippen LogP contribution >= 0.6 is 0 Å². The molecule has 0 fully saturated rings. The first-order chi connectivity index (χ1) is 14.6. The third-order valence-electron chi connectivity index (χ3n) is 4.51. The number of aliphatic hydroxyl groups is 1. The first-order valence-electron chi connectivity index (χ1n) is 10.2. The standard InChI is InChI=1S/C23H32N2O5/c1-28-17-5-8-21(23(24)27)29-20-11-9-18(10-12-20)13-15-25-16-14-22(26)30-19-6-3-2-4-7-19/h2-4,6-7,9-12,21-22,25-26H,5,8,13-17H2,1H3,(H2,24,27). The summed E-state index contributed by atoms with van der Waals surface area (Å²) >= 11 is 0. The normalized spacial score (nSPS) is 12.9. The van der Waals surface area contributed by atoms with E-state index in [0.717, 1.165) is 18.5 Å². The third-order valence-corrected chi connectivity index (χ3v) is 4.51. The minimum atomic E-state index is -0.835. The van der Waals surface area contributed by atoms with Gasteiger partial charge in [-0.2, -0.15) is 0 Å². The fraction of sp³-hybridized carbons (Fsp3) is 0.435. The molecule has 0 saturated heterocycles. The van der Waals surface area contributed by atoms with E-state index in [2.05, 4.69) is 5.32 Å². The smallest absolute Gasteiger partial charge is 0.258 e. The molecule has 0 bridgehead atoms. The lowest BCUT2D eigenvalue weighted by Crippen LogP contribution is -2.33. The Labute approximate surface area is 178 Å². The number of nitrogens with two attached hydrogens (primary N) is 1. The first-order valence-corrected chi connectivity index (χ1v) is 10.2. The van der Waals surface area contributed by atoms with E-state index in [4.69, 9.17) is 19.9 Å². The van der Waals surface area contributed by atoms with Gasteiger partial charge >= 0.3 is 0 Å². The van der Waals surface area contributed by atoms with Gasteiger partial charge in [0.2, 0.25) is 0 Å². The van der Waals surface area contributed by atoms with Crippen LogP contribution in [0.15, 0.2) is 54.6 Å². The molecule has 0 saturated carbocycles. The summed E-state index contributed by atoms with van der Waals surface area (Å²) in [6.45, 7) is 1.99. The minimum absolute atomic E-state index is 0.474. The zero-order valence-electron chi connectivity index (χ0n) is 17.5. The fourth-order valence-corrected chi connectivity index (χ4v) is 2.87. The lowest BCUT2D eigenvalue weighted by atomic mass is 10.1. The number of benzene rings is 2. The van der Waals surface area contributed by atoms with E-state index < -0.39 is 18.3 Å². The topological polar surface area (TPSA) is 103 Å². The summed E-state index contributed by atoms with van der Waals surface area (Å²) in [5, 5.41) is 13.2. The second-order valence-corrected chi connectivity index (χ2v) is 6.96. The van der Waals surface area contributed by atoms with Crippen molar-refractivity contribution in [3.8, 4) is 11.5 Å². The summed E-state index contributed by atoms with van der Waals surface area (Å²) < 4.78 is 16.1. The van der Waals surface area contributed by atoms with Crippen molar-refractivity contribution in [3.63, 3.8) is 0 Å². The Balaban J connectivity index is 1.64. The maximum absolute atomic E-state index is 11.5. The number of carbonyl (C=O) groups is 1. The van der Waals surface area contributed by atoms with Gasteiger partial charge in [-0.25, -0.2) is 0 Å². The molecule has 2 rings (SSSR count). The number of hydrogen-bond donors (Lipinski definition) is 3. The van der Waals surface area contributed by atoms with Gasteiger partial charge in [0.05, 0.1) is 0 Å². The summed E-state index contributed by atoms with van der Waals surface area (Å²) in [5.74, 6) is 0.802. The summed E-state index contributed by atoms with van der Waals surface area (Å²) in [6.07, 6.45) is 1.08. The molecule has 7 nitrogen and oxygen atoms in total. The molecule has 0 aromatic heterocycles. The number of ether oxygens (including phenoxy) is 3. The molecule has 30 heavy (non-hydrogen) atoms. The second-order valence-electron chi connectivity index (χ2n) is 6.96. The first kappa shape index (κ1) is 23.7. The van der Waals surface area contributed by atoms with Crippen molar-refractivity contribution in [2.24, 2.45) is 5.73 Å². The Morgan fingerprint density at radius 1 is 1.00 bits per heavy atom. The van der Waals surface area contributed by atoms with E-state index in [9.17, 15) is 9.90 Å². The molecule has 0 heterocycles. The minimum Gasteiger partial charge on any atom is -0.481 e. The Bertz CT molecular complexity index is 724. The van der Waals surface area contributed by atoms with Gasteiger partial charge in [0.25, 0.3) is 5.91 Å². The summed E-state index contributed by atoms with van der Waals surface area (Å²) in [6, 6.07) is 16.9. The molecule has 164 valence electrons. The third kappa shape index (κ3) is 9.26. The van der Waals surface area contributed by atoms with Crippen molar-refractivity contribution in [2.75, 3.05) is 26.8 Å². The number of rotatable bonds is 15. The van der Waals surface area contributed by atoms with Crippen LogP contribution in [0.2, 0.25) is 0 Å². The Kier molecular flexibility index (Phi) is 10.7. The van der Waals surface area contributed by atoms with Gasteiger partial charge in [-0.1, -0.05) is 30.3 Å². The number of primary amides is 1. The molecule has 0 aliphatic heterocycles. The lowest BCUT2D eigenvalue weighted by Gasteiger charge is -2.16. The molecule has 7 heteroatoms. The molecule has 2 aromatic carbocycles. The van der Waals surface area contributed by atoms with Gasteiger partial charge in [0.1, 0.15) is 11.5 Å². The van der Waals surface area contributed by atoms with Gasteiger partial charge in [-0.05, 0) is 55.6 Å². The van der Waals surface area contributed by atoms with Crippen LogP contribution in [0.1, 0.15) is 24.8 Å². The predicted molar refractivity (Wildman–Crippen MR) is 115 cm³/mol. The second kappa shape index (κ2) is 13.6. The van der Waals surface area contributed by atoms with Crippen LogP contribution in [0.4, 0.5) is 0 Å². The highest BCUT2D eigenvalue weighted by molar-refractivity contribution is 5.79. The number of amides is 1. The predicted octanol–water partition coefficient (Wildman–Crippen LogP) is 2.27. The average molecular weight is 417 g/mol. The SMILES string of the molecule is COCCCC(Oc1ccc(CCNCCC(O)Oc2ccccc2)cc1)C(N)=O. The monoisotopic (exact) mass is 416 g/mol. The molecule has 0 radical (unpaired) electrons. The number of para-hydroxylation sites is 1. The van der Waals surface area contributed by atoms with E-state index in [1.54, 1.807) is 7.11 Å².